The van der Waals surface area contributed by atoms with E-state index in [1.165, 1.54) is 12.8 Å². The van der Waals surface area contributed by atoms with E-state index in [4.69, 9.17) is 5.73 Å². The number of amides is 1. The molecule has 0 bridgehead atoms. The van der Waals surface area contributed by atoms with E-state index < -0.39 is 0 Å². The van der Waals surface area contributed by atoms with Crippen molar-refractivity contribution in [3.8, 4) is 0 Å². The Bertz CT molecular complexity index is 671. The lowest BCUT2D eigenvalue weighted by atomic mass is 10.2. The maximum Gasteiger partial charge on any atom is 0.240 e. The number of hydrogen-bond donors (Lipinski definition) is 2. The fraction of sp³-hybridized carbons (Fsp3) is 0.529. The Kier molecular flexibility index (Phi) is 4.32. The Balaban J connectivity index is 1.85. The molecule has 2 aromatic rings. The first-order valence-corrected chi connectivity index (χ1v) is 8.22. The van der Waals surface area contributed by atoms with E-state index in [1.807, 2.05) is 22.8 Å². The van der Waals surface area contributed by atoms with Crippen LogP contribution in [-0.4, -0.2) is 21.5 Å². The Morgan fingerprint density at radius 2 is 2.18 bits per heavy atom. The molecule has 22 heavy (non-hydrogen) atoms. The topological polar surface area (TPSA) is 72.9 Å². The van der Waals surface area contributed by atoms with E-state index in [1.54, 1.807) is 0 Å². The van der Waals surface area contributed by atoms with Crippen molar-refractivity contribution in [2.24, 2.45) is 0 Å². The predicted molar refractivity (Wildman–Crippen MR) is 88.5 cm³/mol. The van der Waals surface area contributed by atoms with Gasteiger partial charge in [-0.25, -0.2) is 4.98 Å². The number of fused-ring (bicyclic) bond motifs is 1. The van der Waals surface area contributed by atoms with E-state index in [2.05, 4.69) is 17.2 Å². The number of para-hydroxylation sites is 1. The quantitative estimate of drug-likeness (QED) is 0.834. The van der Waals surface area contributed by atoms with Crippen molar-refractivity contribution in [1.29, 1.82) is 0 Å². The monoisotopic (exact) mass is 300 g/mol. The standard InChI is InChI=1S/C17H24N4O/c1-2-6-15-20-17-13(18)9-5-10-14(17)21(15)11-16(22)19-12-7-3-4-8-12/h5,9-10,12H,2-4,6-8,11,18H2,1H3,(H,19,22). The maximum atomic E-state index is 12.4. The Morgan fingerprint density at radius 3 is 2.91 bits per heavy atom. The van der Waals surface area contributed by atoms with Crippen LogP contribution < -0.4 is 11.1 Å². The summed E-state index contributed by atoms with van der Waals surface area (Å²) in [5.41, 5.74) is 8.45. The summed E-state index contributed by atoms with van der Waals surface area (Å²) in [6, 6.07) is 6.11. The third-order valence-corrected chi connectivity index (χ3v) is 4.38. The summed E-state index contributed by atoms with van der Waals surface area (Å²) in [7, 11) is 0. The highest BCUT2D eigenvalue weighted by Gasteiger charge is 2.19. The van der Waals surface area contributed by atoms with Gasteiger partial charge in [0.25, 0.3) is 0 Å². The second kappa shape index (κ2) is 6.38. The minimum absolute atomic E-state index is 0.0750. The SMILES string of the molecule is CCCc1nc2c(N)cccc2n1CC(=O)NC1CCCC1. The molecule has 1 fully saturated rings. The number of nitrogen functional groups attached to an aromatic ring is 1. The van der Waals surface area contributed by atoms with E-state index in [0.717, 1.165) is 42.5 Å². The minimum atomic E-state index is 0.0750. The molecule has 118 valence electrons. The zero-order chi connectivity index (χ0) is 15.5. The van der Waals surface area contributed by atoms with Crippen molar-refractivity contribution in [3.05, 3.63) is 24.0 Å². The van der Waals surface area contributed by atoms with E-state index >= 15 is 0 Å². The number of nitrogens with one attached hydrogen (secondary N) is 1. The van der Waals surface area contributed by atoms with Gasteiger partial charge in [0.05, 0.1) is 11.2 Å². The minimum Gasteiger partial charge on any atom is -0.397 e. The van der Waals surface area contributed by atoms with Gasteiger partial charge < -0.3 is 15.6 Å². The van der Waals surface area contributed by atoms with Gasteiger partial charge >= 0.3 is 0 Å². The molecule has 1 aromatic carbocycles. The van der Waals surface area contributed by atoms with Crippen LogP contribution in [0.2, 0.25) is 0 Å². The average Bonchev–Trinajstić information content (AvgIpc) is 3.10. The Morgan fingerprint density at radius 1 is 1.41 bits per heavy atom. The predicted octanol–water partition coefficient (Wildman–Crippen LogP) is 2.63. The molecule has 0 radical (unpaired) electrons. The highest BCUT2D eigenvalue weighted by Crippen LogP contribution is 2.23. The molecule has 3 rings (SSSR count). The third kappa shape index (κ3) is 2.93. The van der Waals surface area contributed by atoms with Crippen LogP contribution in [0.3, 0.4) is 0 Å². The largest absolute Gasteiger partial charge is 0.397 e. The molecule has 3 N–H and O–H groups in total. The van der Waals surface area contributed by atoms with Crippen LogP contribution in [0.5, 0.6) is 0 Å². The molecule has 0 atom stereocenters. The molecule has 0 aliphatic heterocycles. The van der Waals surface area contributed by atoms with Crippen molar-refractivity contribution in [3.63, 3.8) is 0 Å². The number of aromatic nitrogens is 2. The number of carbonyl (C=O) groups is 1. The van der Waals surface area contributed by atoms with Crippen molar-refractivity contribution >= 4 is 22.6 Å². The Labute approximate surface area is 130 Å². The highest BCUT2D eigenvalue weighted by molar-refractivity contribution is 5.89. The second-order valence-electron chi connectivity index (χ2n) is 6.13. The molecule has 1 aromatic heterocycles. The maximum absolute atomic E-state index is 12.4. The summed E-state index contributed by atoms with van der Waals surface area (Å²) in [5.74, 6) is 1.02. The lowest BCUT2D eigenvalue weighted by Crippen LogP contribution is -2.35. The van der Waals surface area contributed by atoms with Crippen LogP contribution in [-0.2, 0) is 17.8 Å². The number of hydrogen-bond acceptors (Lipinski definition) is 3. The molecule has 1 aliphatic carbocycles. The number of anilines is 1. The zero-order valence-corrected chi connectivity index (χ0v) is 13.1. The molecule has 5 nitrogen and oxygen atoms in total. The summed E-state index contributed by atoms with van der Waals surface area (Å²) in [4.78, 5) is 17.0. The summed E-state index contributed by atoms with van der Waals surface area (Å²) in [6.45, 7) is 2.44. The van der Waals surface area contributed by atoms with E-state index in [9.17, 15) is 4.79 Å². The van der Waals surface area contributed by atoms with Gasteiger partial charge in [-0.15, -0.1) is 0 Å². The molecule has 1 aliphatic rings. The van der Waals surface area contributed by atoms with Crippen LogP contribution in [0.1, 0.15) is 44.9 Å². The Hall–Kier alpha value is -2.04. The van der Waals surface area contributed by atoms with E-state index in [0.29, 0.717) is 18.3 Å². The van der Waals surface area contributed by atoms with Gasteiger partial charge in [-0.2, -0.15) is 0 Å². The molecule has 5 heteroatoms. The molecule has 0 unspecified atom stereocenters. The number of nitrogens with two attached hydrogens (primary N) is 1. The number of rotatable bonds is 5. The van der Waals surface area contributed by atoms with Gasteiger partial charge in [0.2, 0.25) is 5.91 Å². The number of aryl methyl sites for hydroxylation is 1. The normalized spacial score (nSPS) is 15.5. The van der Waals surface area contributed by atoms with E-state index in [-0.39, 0.29) is 5.91 Å². The van der Waals surface area contributed by atoms with Gasteiger partial charge in [-0.1, -0.05) is 25.8 Å². The van der Waals surface area contributed by atoms with Crippen molar-refractivity contribution in [2.45, 2.75) is 58.0 Å². The fourth-order valence-corrected chi connectivity index (χ4v) is 3.29. The summed E-state index contributed by atoms with van der Waals surface area (Å²) >= 11 is 0. The van der Waals surface area contributed by atoms with Crippen LogP contribution in [0.25, 0.3) is 11.0 Å². The molecule has 1 amide bonds. The third-order valence-electron chi connectivity index (χ3n) is 4.38. The smallest absolute Gasteiger partial charge is 0.240 e. The van der Waals surface area contributed by atoms with Crippen LogP contribution in [0.4, 0.5) is 5.69 Å². The van der Waals surface area contributed by atoms with Gasteiger partial charge in [-0.3, -0.25) is 4.79 Å². The molecular formula is C17H24N4O. The molecule has 1 saturated carbocycles. The number of carbonyl (C=O) groups excluding carboxylic acids is 1. The average molecular weight is 300 g/mol. The first kappa shape index (κ1) is 14.9. The first-order valence-electron chi connectivity index (χ1n) is 8.22. The summed E-state index contributed by atoms with van der Waals surface area (Å²) in [6.07, 6.45) is 6.49. The van der Waals surface area contributed by atoms with Gasteiger partial charge in [0, 0.05) is 12.5 Å². The van der Waals surface area contributed by atoms with Crippen LogP contribution in [0, 0.1) is 0 Å². The van der Waals surface area contributed by atoms with Crippen molar-refractivity contribution in [2.75, 3.05) is 5.73 Å². The van der Waals surface area contributed by atoms with Crippen molar-refractivity contribution < 1.29 is 4.79 Å². The number of imidazole rings is 1. The summed E-state index contributed by atoms with van der Waals surface area (Å²) in [5, 5.41) is 3.15. The molecule has 1 heterocycles. The molecule has 0 spiro atoms. The zero-order valence-electron chi connectivity index (χ0n) is 13.1. The lowest BCUT2D eigenvalue weighted by Gasteiger charge is -2.14. The second-order valence-corrected chi connectivity index (χ2v) is 6.13. The van der Waals surface area contributed by atoms with Crippen LogP contribution in [0.15, 0.2) is 18.2 Å². The van der Waals surface area contributed by atoms with Crippen LogP contribution >= 0.6 is 0 Å². The number of nitrogens with zero attached hydrogens (tertiary/aromatic N) is 2. The highest BCUT2D eigenvalue weighted by atomic mass is 16.2. The molecule has 0 saturated heterocycles. The van der Waals surface area contributed by atoms with Crippen molar-refractivity contribution in [1.82, 2.24) is 14.9 Å². The molecular weight excluding hydrogens is 276 g/mol. The van der Waals surface area contributed by atoms with Gasteiger partial charge in [-0.05, 0) is 31.4 Å². The van der Waals surface area contributed by atoms with Gasteiger partial charge in [0.15, 0.2) is 0 Å². The van der Waals surface area contributed by atoms with Gasteiger partial charge in [0.1, 0.15) is 17.9 Å². The lowest BCUT2D eigenvalue weighted by molar-refractivity contribution is -0.122. The first-order chi connectivity index (χ1) is 10.7. The fourth-order valence-electron chi connectivity index (χ4n) is 3.29. The summed E-state index contributed by atoms with van der Waals surface area (Å²) < 4.78 is 2.01. The number of benzene rings is 1.